The molecule has 0 unspecified atom stereocenters. The molecule has 340 valence electrons. The van der Waals surface area contributed by atoms with Gasteiger partial charge in [0.15, 0.2) is 5.82 Å². The number of sulfonamides is 1. The number of aromatic nitrogens is 2. The SMILES string of the molecule is CC1(S(=O)(=O)NC(=O)[C@@]23C[C@@H]2/C=C\CCCCC[C@H](NC(=O)C2CCOCC2)C(=O)N2C[C@H](Oc4nc(-c5ccc(C(F)(F)F)cc5)nc5c4oc4ccccc45)C[C@H]2C(=O)N3)CC1. The number of fused-ring (bicyclic) bond motifs is 5. The van der Waals surface area contributed by atoms with Gasteiger partial charge in [0.25, 0.3) is 11.8 Å². The Kier molecular flexibility index (Phi) is 11.4. The Morgan fingerprint density at radius 3 is 2.47 bits per heavy atom. The van der Waals surface area contributed by atoms with Crippen molar-refractivity contribution >= 4 is 55.7 Å². The van der Waals surface area contributed by atoms with Crippen LogP contribution in [-0.4, -0.2) is 95.1 Å². The number of nitrogens with zero attached hydrogens (tertiary/aromatic N) is 3. The number of alkyl halides is 3. The first-order valence-corrected chi connectivity index (χ1v) is 23.3. The van der Waals surface area contributed by atoms with Crippen LogP contribution in [0.15, 0.2) is 65.1 Å². The van der Waals surface area contributed by atoms with Crippen molar-refractivity contribution in [2.45, 2.75) is 112 Å². The molecule has 2 saturated carbocycles. The maximum Gasteiger partial charge on any atom is 0.416 e. The van der Waals surface area contributed by atoms with Crippen LogP contribution in [0.4, 0.5) is 13.2 Å². The van der Waals surface area contributed by atoms with E-state index in [-0.39, 0.29) is 54.1 Å². The van der Waals surface area contributed by atoms with Gasteiger partial charge in [0.1, 0.15) is 34.8 Å². The van der Waals surface area contributed by atoms with Crippen molar-refractivity contribution in [3.05, 3.63) is 66.2 Å². The highest BCUT2D eigenvalue weighted by Crippen LogP contribution is 2.48. The van der Waals surface area contributed by atoms with E-state index in [1.54, 1.807) is 31.2 Å². The molecule has 19 heteroatoms. The average Bonchev–Trinajstić information content (AvgIpc) is 4.10. The number of amides is 4. The lowest BCUT2D eigenvalue weighted by Crippen LogP contribution is -2.59. The molecule has 5 atom stereocenters. The van der Waals surface area contributed by atoms with E-state index in [1.165, 1.54) is 17.0 Å². The highest BCUT2D eigenvalue weighted by Gasteiger charge is 2.63. The van der Waals surface area contributed by atoms with Crippen molar-refractivity contribution in [2.75, 3.05) is 19.8 Å². The van der Waals surface area contributed by atoms with Crippen molar-refractivity contribution in [1.82, 2.24) is 30.2 Å². The summed E-state index contributed by atoms with van der Waals surface area (Å²) in [5.74, 6) is -3.31. The lowest BCUT2D eigenvalue weighted by molar-refractivity contribution is -0.143. The van der Waals surface area contributed by atoms with Crippen LogP contribution in [0.25, 0.3) is 33.5 Å². The third-order valence-electron chi connectivity index (χ3n) is 13.3. The van der Waals surface area contributed by atoms with Crippen molar-refractivity contribution in [3.8, 4) is 17.3 Å². The van der Waals surface area contributed by atoms with E-state index in [9.17, 15) is 40.8 Å². The number of para-hydroxylation sites is 1. The largest absolute Gasteiger partial charge is 0.470 e. The van der Waals surface area contributed by atoms with Gasteiger partial charge in [-0.05, 0) is 82.6 Å². The summed E-state index contributed by atoms with van der Waals surface area (Å²) < 4.78 is 86.4. The van der Waals surface area contributed by atoms with Gasteiger partial charge in [-0.15, -0.1) is 0 Å². The van der Waals surface area contributed by atoms with Crippen molar-refractivity contribution in [1.29, 1.82) is 0 Å². The number of halogens is 3. The molecule has 0 spiro atoms. The first kappa shape index (κ1) is 43.7. The summed E-state index contributed by atoms with van der Waals surface area (Å²) in [5.41, 5.74) is -1.31. The monoisotopic (exact) mass is 906 g/mol. The average molecular weight is 907 g/mol. The number of ether oxygens (including phenoxy) is 2. The minimum atomic E-state index is -4.57. The molecular weight excluding hydrogens is 858 g/mol. The smallest absolute Gasteiger partial charge is 0.416 e. The molecule has 64 heavy (non-hydrogen) atoms. The summed E-state index contributed by atoms with van der Waals surface area (Å²) in [6, 6.07) is 9.11. The van der Waals surface area contributed by atoms with Gasteiger partial charge in [0.2, 0.25) is 33.3 Å². The molecule has 2 aromatic heterocycles. The van der Waals surface area contributed by atoms with E-state index < -0.39 is 73.9 Å². The number of allylic oxidation sites excluding steroid dienone is 1. The van der Waals surface area contributed by atoms with Crippen molar-refractivity contribution < 1.29 is 54.7 Å². The van der Waals surface area contributed by atoms with Crippen LogP contribution in [0.5, 0.6) is 5.88 Å². The molecule has 15 nitrogen and oxygen atoms in total. The lowest BCUT2D eigenvalue weighted by Gasteiger charge is -2.31. The fourth-order valence-corrected chi connectivity index (χ4v) is 10.2. The van der Waals surface area contributed by atoms with Crippen molar-refractivity contribution in [2.24, 2.45) is 11.8 Å². The number of hydrogen-bond acceptors (Lipinski definition) is 11. The number of carbonyl (C=O) groups excluding carboxylic acids is 4. The Labute approximate surface area is 366 Å². The third kappa shape index (κ3) is 8.55. The van der Waals surface area contributed by atoms with E-state index >= 15 is 0 Å². The molecule has 5 aliphatic rings. The number of benzene rings is 2. The van der Waals surface area contributed by atoms with Gasteiger partial charge in [0.05, 0.1) is 16.9 Å². The van der Waals surface area contributed by atoms with Crippen LogP contribution >= 0.6 is 0 Å². The van der Waals surface area contributed by atoms with Gasteiger partial charge in [-0.3, -0.25) is 23.9 Å². The van der Waals surface area contributed by atoms with Gasteiger partial charge in [-0.1, -0.05) is 49.3 Å². The minimum Gasteiger partial charge on any atom is -0.470 e. The molecule has 2 saturated heterocycles. The summed E-state index contributed by atoms with van der Waals surface area (Å²) in [6.45, 7) is 2.21. The number of carbonyl (C=O) groups is 4. The van der Waals surface area contributed by atoms with Gasteiger partial charge in [-0.2, -0.15) is 18.2 Å². The molecule has 4 fully saturated rings. The van der Waals surface area contributed by atoms with Gasteiger partial charge >= 0.3 is 6.18 Å². The first-order chi connectivity index (χ1) is 30.5. The van der Waals surface area contributed by atoms with Crippen LogP contribution in [0, 0.1) is 11.8 Å². The Morgan fingerprint density at radius 1 is 0.984 bits per heavy atom. The molecule has 2 aliphatic carbocycles. The summed E-state index contributed by atoms with van der Waals surface area (Å²) in [5, 5.41) is 6.43. The normalized spacial score (nSPS) is 27.1. The second-order valence-electron chi connectivity index (χ2n) is 17.9. The number of hydrogen-bond donors (Lipinski definition) is 3. The molecule has 3 aliphatic heterocycles. The molecule has 9 rings (SSSR count). The van der Waals surface area contributed by atoms with Crippen LogP contribution < -0.4 is 20.1 Å². The Bertz CT molecular complexity index is 2630. The highest BCUT2D eigenvalue weighted by atomic mass is 32.2. The zero-order chi connectivity index (χ0) is 45.0. The molecule has 2 aromatic carbocycles. The fraction of sp³-hybridized carbons (Fsp3) is 0.511. The molecule has 0 bridgehead atoms. The summed E-state index contributed by atoms with van der Waals surface area (Å²) >= 11 is 0. The zero-order valence-corrected chi connectivity index (χ0v) is 35.9. The predicted molar refractivity (Wildman–Crippen MR) is 226 cm³/mol. The summed E-state index contributed by atoms with van der Waals surface area (Å²) in [4.78, 5) is 67.8. The van der Waals surface area contributed by atoms with E-state index in [1.807, 2.05) is 12.2 Å². The van der Waals surface area contributed by atoms with E-state index in [2.05, 4.69) is 25.3 Å². The number of furan rings is 1. The summed E-state index contributed by atoms with van der Waals surface area (Å²) in [6.07, 6.45) is 3.05. The topological polar surface area (TPSA) is 199 Å². The molecule has 0 radical (unpaired) electrons. The second kappa shape index (κ2) is 16.8. The van der Waals surface area contributed by atoms with E-state index in [4.69, 9.17) is 13.9 Å². The molecule has 4 aromatic rings. The minimum absolute atomic E-state index is 0.0381. The van der Waals surface area contributed by atoms with E-state index in [0.717, 1.165) is 25.0 Å². The Balaban J connectivity index is 1.06. The second-order valence-corrected chi connectivity index (χ2v) is 20.1. The first-order valence-electron chi connectivity index (χ1n) is 21.8. The maximum absolute atomic E-state index is 14.9. The van der Waals surface area contributed by atoms with Crippen LogP contribution in [-0.2, 0) is 40.1 Å². The van der Waals surface area contributed by atoms with Gasteiger partial charge in [-0.25, -0.2) is 13.4 Å². The number of rotatable bonds is 8. The highest BCUT2D eigenvalue weighted by molar-refractivity contribution is 7.91. The predicted octanol–water partition coefficient (Wildman–Crippen LogP) is 5.72. The zero-order valence-electron chi connectivity index (χ0n) is 35.1. The lowest BCUT2D eigenvalue weighted by atomic mass is 9.98. The summed E-state index contributed by atoms with van der Waals surface area (Å²) in [7, 11) is -4.07. The Morgan fingerprint density at radius 2 is 1.73 bits per heavy atom. The molecule has 3 N–H and O–H groups in total. The quantitative estimate of drug-likeness (QED) is 0.183. The molecule has 4 amide bonds. The fourth-order valence-electron chi connectivity index (χ4n) is 8.94. The van der Waals surface area contributed by atoms with E-state index in [0.29, 0.717) is 74.6 Å². The van der Waals surface area contributed by atoms with Gasteiger partial charge < -0.3 is 29.4 Å². The Hall–Kier alpha value is -5.56. The standard InChI is InChI=1S/C45H49F3N6O9S/c1-43(19-20-43)64(59,60)53-42(58)44-24-29(44)9-5-3-2-4-6-11-32(49-38(55)27-17-21-61-22-18-27)41(57)54-25-30(23-33(54)39(56)52-44)62-40-36-35(31-10-7-8-12-34(31)63-36)50-37(51-40)26-13-15-28(16-14-26)45(46,47)48/h5,7-10,12-16,27,29-30,32-33H,2-4,6,11,17-25H2,1H3,(H,49,55)(H,52,56)(H,53,58)/b9-5-/t29-,30+,32-,33-,44+/m0/s1. The molecule has 5 heterocycles. The third-order valence-corrected chi connectivity index (χ3v) is 15.5. The van der Waals surface area contributed by atoms with Crippen LogP contribution in [0.3, 0.4) is 0 Å². The van der Waals surface area contributed by atoms with Gasteiger partial charge in [0, 0.05) is 42.4 Å². The van der Waals surface area contributed by atoms with Crippen molar-refractivity contribution in [3.63, 3.8) is 0 Å². The van der Waals surface area contributed by atoms with Crippen LogP contribution in [0.2, 0.25) is 0 Å². The van der Waals surface area contributed by atoms with Crippen LogP contribution in [0.1, 0.15) is 83.1 Å². The number of nitrogens with one attached hydrogen (secondary N) is 3. The maximum atomic E-state index is 14.9. The molecular formula is C45H49F3N6O9S.